The minimum atomic E-state index is 0.459. The maximum absolute atomic E-state index is 10.9. The highest BCUT2D eigenvalue weighted by molar-refractivity contribution is 5.79. The molecule has 0 heterocycles. The van der Waals surface area contributed by atoms with Crippen LogP contribution in [0.25, 0.3) is 0 Å². The quantitative estimate of drug-likeness (QED) is 0.485. The lowest BCUT2D eigenvalue weighted by Gasteiger charge is -2.21. The summed E-state index contributed by atoms with van der Waals surface area (Å²) in [5.41, 5.74) is 0. The van der Waals surface area contributed by atoms with Crippen LogP contribution in [0.3, 0.4) is 0 Å². The fourth-order valence-corrected chi connectivity index (χ4v) is 1.71. The van der Waals surface area contributed by atoms with Crippen LogP contribution in [0.2, 0.25) is 0 Å². The first-order valence-electron chi connectivity index (χ1n) is 3.70. The van der Waals surface area contributed by atoms with Crippen molar-refractivity contribution in [2.75, 3.05) is 0 Å². The third kappa shape index (κ3) is 1.81. The van der Waals surface area contributed by atoms with E-state index in [4.69, 9.17) is 0 Å². The second kappa shape index (κ2) is 2.51. The van der Waals surface area contributed by atoms with Crippen LogP contribution in [0.15, 0.2) is 0 Å². The number of carbonyl (C=O) groups excluding carboxylic acids is 1. The molecule has 0 spiro atoms. The maximum atomic E-state index is 10.9. The Bertz CT molecular complexity index is 106. The lowest BCUT2D eigenvalue weighted by Crippen LogP contribution is -2.18. The van der Waals surface area contributed by atoms with Crippen LogP contribution >= 0.6 is 0 Å². The molecule has 0 aromatic heterocycles. The van der Waals surface area contributed by atoms with Gasteiger partial charge in [-0.1, -0.05) is 13.8 Å². The highest BCUT2D eigenvalue weighted by atomic mass is 16.1. The number of hydrogen-bond acceptors (Lipinski definition) is 1. The van der Waals surface area contributed by atoms with Gasteiger partial charge in [-0.2, -0.15) is 0 Å². The summed E-state index contributed by atoms with van der Waals surface area (Å²) in [6, 6.07) is 0. The fraction of sp³-hybridized carbons (Fsp3) is 0.875. The minimum absolute atomic E-state index is 0.459. The standard InChI is InChI=1S/C8H14O/c1-6-3-7(2)5-8(9)4-6/h6-7H,3-5H2,1-2H3/t6-,7-/m0/s1. The predicted molar refractivity (Wildman–Crippen MR) is 37.2 cm³/mol. The Hall–Kier alpha value is -0.330. The summed E-state index contributed by atoms with van der Waals surface area (Å²) in [7, 11) is 0. The zero-order chi connectivity index (χ0) is 6.85. The number of rotatable bonds is 0. The molecule has 0 amide bonds. The molecule has 0 aliphatic heterocycles. The van der Waals surface area contributed by atoms with Crippen LogP contribution in [0, 0.1) is 11.8 Å². The number of carbonyl (C=O) groups is 1. The van der Waals surface area contributed by atoms with Crippen molar-refractivity contribution in [1.82, 2.24) is 0 Å². The summed E-state index contributed by atoms with van der Waals surface area (Å²) in [5.74, 6) is 1.74. The summed E-state index contributed by atoms with van der Waals surface area (Å²) in [6.45, 7) is 4.32. The van der Waals surface area contributed by atoms with E-state index in [0.29, 0.717) is 17.6 Å². The van der Waals surface area contributed by atoms with E-state index in [2.05, 4.69) is 13.8 Å². The Morgan fingerprint density at radius 1 is 1.22 bits per heavy atom. The van der Waals surface area contributed by atoms with Crippen LogP contribution in [0.4, 0.5) is 0 Å². The average molecular weight is 126 g/mol. The van der Waals surface area contributed by atoms with Gasteiger partial charge in [-0.05, 0) is 18.3 Å². The van der Waals surface area contributed by atoms with E-state index in [1.54, 1.807) is 0 Å². The van der Waals surface area contributed by atoms with Gasteiger partial charge < -0.3 is 0 Å². The van der Waals surface area contributed by atoms with Gasteiger partial charge in [-0.3, -0.25) is 4.79 Å². The normalized spacial score (nSPS) is 36.9. The molecule has 9 heavy (non-hydrogen) atoms. The molecule has 0 aromatic carbocycles. The third-order valence-electron chi connectivity index (χ3n) is 1.96. The van der Waals surface area contributed by atoms with Crippen LogP contribution in [0.5, 0.6) is 0 Å². The van der Waals surface area contributed by atoms with Gasteiger partial charge in [0.1, 0.15) is 5.78 Å². The summed E-state index contributed by atoms with van der Waals surface area (Å²) < 4.78 is 0. The first-order chi connectivity index (χ1) is 4.18. The van der Waals surface area contributed by atoms with Crippen LogP contribution in [-0.2, 0) is 4.79 Å². The second-order valence-corrected chi connectivity index (χ2v) is 3.39. The molecule has 1 rings (SSSR count). The smallest absolute Gasteiger partial charge is 0.133 e. The fourth-order valence-electron chi connectivity index (χ4n) is 1.71. The van der Waals surface area contributed by atoms with E-state index in [1.165, 1.54) is 6.42 Å². The Morgan fingerprint density at radius 2 is 1.67 bits per heavy atom. The van der Waals surface area contributed by atoms with E-state index >= 15 is 0 Å². The van der Waals surface area contributed by atoms with Crippen molar-refractivity contribution in [3.63, 3.8) is 0 Å². The lowest BCUT2D eigenvalue weighted by atomic mass is 9.83. The van der Waals surface area contributed by atoms with Gasteiger partial charge in [0.15, 0.2) is 0 Å². The number of hydrogen-bond donors (Lipinski definition) is 0. The summed E-state index contributed by atoms with van der Waals surface area (Å²) >= 11 is 0. The molecule has 52 valence electrons. The van der Waals surface area contributed by atoms with E-state index in [0.717, 1.165) is 12.8 Å². The summed E-state index contributed by atoms with van der Waals surface area (Å²) in [4.78, 5) is 10.9. The Morgan fingerprint density at radius 3 is 2.00 bits per heavy atom. The second-order valence-electron chi connectivity index (χ2n) is 3.39. The summed E-state index contributed by atoms with van der Waals surface area (Å²) in [5, 5.41) is 0. The van der Waals surface area contributed by atoms with Crippen molar-refractivity contribution in [1.29, 1.82) is 0 Å². The molecule has 1 saturated carbocycles. The average Bonchev–Trinajstić information content (AvgIpc) is 1.59. The molecule has 2 atom stereocenters. The first-order valence-corrected chi connectivity index (χ1v) is 3.70. The first kappa shape index (κ1) is 6.79. The highest BCUT2D eigenvalue weighted by Gasteiger charge is 2.20. The van der Waals surface area contributed by atoms with Gasteiger partial charge in [0.2, 0.25) is 0 Å². The maximum Gasteiger partial charge on any atom is 0.133 e. The van der Waals surface area contributed by atoms with Gasteiger partial charge in [0, 0.05) is 12.8 Å². The Balaban J connectivity index is 2.43. The molecule has 0 radical (unpaired) electrons. The van der Waals surface area contributed by atoms with E-state index in [1.807, 2.05) is 0 Å². The summed E-state index contributed by atoms with van der Waals surface area (Å²) in [6.07, 6.45) is 2.89. The van der Waals surface area contributed by atoms with Crippen molar-refractivity contribution in [3.8, 4) is 0 Å². The molecule has 1 aliphatic carbocycles. The largest absolute Gasteiger partial charge is 0.300 e. The molecule has 0 aromatic rings. The van der Waals surface area contributed by atoms with Gasteiger partial charge in [-0.15, -0.1) is 0 Å². The van der Waals surface area contributed by atoms with E-state index < -0.39 is 0 Å². The molecule has 1 aliphatic rings. The van der Waals surface area contributed by atoms with Crippen molar-refractivity contribution in [2.24, 2.45) is 11.8 Å². The van der Waals surface area contributed by atoms with Crippen molar-refractivity contribution >= 4 is 5.78 Å². The van der Waals surface area contributed by atoms with Crippen LogP contribution in [-0.4, -0.2) is 5.78 Å². The number of ketones is 1. The number of Topliss-reactive ketones (excluding diaryl/α,β-unsaturated/α-hetero) is 1. The molecular formula is C8H14O. The Kier molecular flexibility index (Phi) is 1.89. The molecule has 1 fully saturated rings. The molecule has 1 heteroatoms. The van der Waals surface area contributed by atoms with Crippen molar-refractivity contribution in [2.45, 2.75) is 33.1 Å². The van der Waals surface area contributed by atoms with Crippen LogP contribution < -0.4 is 0 Å². The zero-order valence-electron chi connectivity index (χ0n) is 6.18. The highest BCUT2D eigenvalue weighted by Crippen LogP contribution is 2.25. The van der Waals surface area contributed by atoms with Crippen molar-refractivity contribution in [3.05, 3.63) is 0 Å². The topological polar surface area (TPSA) is 17.1 Å². The minimum Gasteiger partial charge on any atom is -0.300 e. The van der Waals surface area contributed by atoms with Gasteiger partial charge in [0.25, 0.3) is 0 Å². The Labute approximate surface area is 56.4 Å². The van der Waals surface area contributed by atoms with Gasteiger partial charge in [0.05, 0.1) is 0 Å². The molecule has 1 nitrogen and oxygen atoms in total. The third-order valence-corrected chi connectivity index (χ3v) is 1.96. The van der Waals surface area contributed by atoms with Gasteiger partial charge >= 0.3 is 0 Å². The van der Waals surface area contributed by atoms with E-state index in [9.17, 15) is 4.79 Å². The van der Waals surface area contributed by atoms with Crippen molar-refractivity contribution < 1.29 is 4.79 Å². The molecule has 0 N–H and O–H groups in total. The molecule has 0 saturated heterocycles. The SMILES string of the molecule is C[C@@H]1CC(=O)C[C@@H](C)C1. The predicted octanol–water partition coefficient (Wildman–Crippen LogP) is 2.01. The molecule has 0 unspecified atom stereocenters. The van der Waals surface area contributed by atoms with Crippen LogP contribution in [0.1, 0.15) is 33.1 Å². The molecule has 0 bridgehead atoms. The lowest BCUT2D eigenvalue weighted by molar-refractivity contribution is -0.122. The van der Waals surface area contributed by atoms with E-state index in [-0.39, 0.29) is 0 Å². The molecular weight excluding hydrogens is 112 g/mol. The van der Waals surface area contributed by atoms with Gasteiger partial charge in [-0.25, -0.2) is 0 Å². The monoisotopic (exact) mass is 126 g/mol. The zero-order valence-corrected chi connectivity index (χ0v) is 6.18.